The molecule has 1 aromatic carbocycles. The lowest BCUT2D eigenvalue weighted by Gasteiger charge is -2.25. The van der Waals surface area contributed by atoms with Crippen LogP contribution in [0.15, 0.2) is 36.9 Å². The largest absolute Gasteiger partial charge is 0.217 e. The van der Waals surface area contributed by atoms with Crippen LogP contribution in [0.4, 0.5) is 0 Å². The molecule has 0 aliphatic carbocycles. The first-order valence-corrected chi connectivity index (χ1v) is 9.64. The highest BCUT2D eigenvalue weighted by Gasteiger charge is 2.27. The molecule has 3 nitrogen and oxygen atoms in total. The molecule has 0 saturated carbocycles. The van der Waals surface area contributed by atoms with Crippen molar-refractivity contribution in [1.82, 2.24) is 15.0 Å². The van der Waals surface area contributed by atoms with E-state index in [9.17, 15) is 0 Å². The van der Waals surface area contributed by atoms with Crippen LogP contribution < -0.4 is 0 Å². The average Bonchev–Trinajstić information content (AvgIpc) is 2.61. The van der Waals surface area contributed by atoms with E-state index in [1.165, 1.54) is 5.56 Å². The number of hydrogen-bond donors (Lipinski definition) is 0. The zero-order valence-electron chi connectivity index (χ0n) is 17.3. The fourth-order valence-corrected chi connectivity index (χ4v) is 2.62. The van der Waals surface area contributed by atoms with Gasteiger partial charge in [0.2, 0.25) is 0 Å². The maximum atomic E-state index is 4.86. The molecule has 0 radical (unpaired) electrons. The Labute approximate surface area is 159 Å². The summed E-state index contributed by atoms with van der Waals surface area (Å²) >= 11 is 0. The molecule has 0 saturated heterocycles. The third kappa shape index (κ3) is 5.00. The van der Waals surface area contributed by atoms with Crippen molar-refractivity contribution in [3.63, 3.8) is 0 Å². The van der Waals surface area contributed by atoms with Crippen LogP contribution in [0.1, 0.15) is 78.0 Å². The highest BCUT2D eigenvalue weighted by molar-refractivity contribution is 5.56. The number of allylic oxidation sites excluding steroid dienone is 1. The summed E-state index contributed by atoms with van der Waals surface area (Å²) in [6.07, 6.45) is 6.17. The Balaban J connectivity index is 2.50. The van der Waals surface area contributed by atoms with Crippen LogP contribution in [0.2, 0.25) is 0 Å². The lowest BCUT2D eigenvalue weighted by molar-refractivity contribution is 0.453. The predicted octanol–water partition coefficient (Wildman–Crippen LogP) is 6.03. The second-order valence-electron chi connectivity index (χ2n) is 8.67. The van der Waals surface area contributed by atoms with E-state index in [0.29, 0.717) is 0 Å². The Kier molecular flexibility index (Phi) is 6.33. The van der Waals surface area contributed by atoms with E-state index in [4.69, 9.17) is 15.0 Å². The molecule has 0 aliphatic rings. The van der Waals surface area contributed by atoms with Crippen LogP contribution >= 0.6 is 0 Å². The molecule has 0 spiro atoms. The molecule has 0 bridgehead atoms. The molecule has 2 rings (SSSR count). The summed E-state index contributed by atoms with van der Waals surface area (Å²) in [6, 6.07) is 8.59. The van der Waals surface area contributed by atoms with Gasteiger partial charge < -0.3 is 0 Å². The fraction of sp³-hybridized carbons (Fsp3) is 0.522. The van der Waals surface area contributed by atoms with Gasteiger partial charge in [-0.25, -0.2) is 15.0 Å². The maximum absolute atomic E-state index is 4.86. The highest BCUT2D eigenvalue weighted by atomic mass is 15.1. The van der Waals surface area contributed by atoms with Gasteiger partial charge in [-0.3, -0.25) is 0 Å². The van der Waals surface area contributed by atoms with Crippen LogP contribution in [-0.4, -0.2) is 15.0 Å². The number of hydrogen-bond acceptors (Lipinski definition) is 3. The van der Waals surface area contributed by atoms with E-state index in [2.05, 4.69) is 72.4 Å². The smallest absolute Gasteiger partial charge is 0.163 e. The van der Waals surface area contributed by atoms with Crippen molar-refractivity contribution < 1.29 is 0 Å². The van der Waals surface area contributed by atoms with Gasteiger partial charge in [-0.2, -0.15) is 0 Å². The van der Waals surface area contributed by atoms with Crippen molar-refractivity contribution in [3.05, 3.63) is 54.1 Å². The van der Waals surface area contributed by atoms with E-state index in [1.807, 2.05) is 6.08 Å². The maximum Gasteiger partial charge on any atom is 0.163 e. The molecule has 26 heavy (non-hydrogen) atoms. The Morgan fingerprint density at radius 3 is 2.31 bits per heavy atom. The lowest BCUT2D eigenvalue weighted by Crippen LogP contribution is -2.25. The Morgan fingerprint density at radius 1 is 1.00 bits per heavy atom. The van der Waals surface area contributed by atoms with Crippen LogP contribution in [0.25, 0.3) is 11.4 Å². The minimum atomic E-state index is -0.113. The Hall–Kier alpha value is -2.03. The molecule has 0 aliphatic heterocycles. The topological polar surface area (TPSA) is 38.7 Å². The Morgan fingerprint density at radius 2 is 1.69 bits per heavy atom. The number of rotatable bonds is 7. The average molecular weight is 352 g/mol. The summed E-state index contributed by atoms with van der Waals surface area (Å²) in [4.78, 5) is 14.5. The van der Waals surface area contributed by atoms with Gasteiger partial charge in [0.15, 0.2) is 5.82 Å². The first-order chi connectivity index (χ1) is 12.2. The summed E-state index contributed by atoms with van der Waals surface area (Å²) in [7, 11) is 0. The van der Waals surface area contributed by atoms with Gasteiger partial charge in [-0.1, -0.05) is 65.8 Å². The van der Waals surface area contributed by atoms with Crippen LogP contribution in [0, 0.1) is 0 Å². The predicted molar refractivity (Wildman–Crippen MR) is 110 cm³/mol. The van der Waals surface area contributed by atoms with Gasteiger partial charge in [-0.05, 0) is 37.3 Å². The van der Waals surface area contributed by atoms with E-state index >= 15 is 0 Å². The quantitative estimate of drug-likeness (QED) is 0.451. The summed E-state index contributed by atoms with van der Waals surface area (Å²) in [5.74, 6) is 2.52. The van der Waals surface area contributed by atoms with E-state index in [-0.39, 0.29) is 10.8 Å². The van der Waals surface area contributed by atoms with Gasteiger partial charge in [-0.15, -0.1) is 6.58 Å². The zero-order chi connectivity index (χ0) is 19.4. The highest BCUT2D eigenvalue weighted by Crippen LogP contribution is 2.29. The van der Waals surface area contributed by atoms with Crippen molar-refractivity contribution in [2.24, 2.45) is 0 Å². The normalized spacial score (nSPS) is 12.2. The summed E-state index contributed by atoms with van der Waals surface area (Å²) in [5, 5.41) is 0. The minimum absolute atomic E-state index is 0.0702. The molecular weight excluding hydrogens is 318 g/mol. The first-order valence-electron chi connectivity index (χ1n) is 9.64. The van der Waals surface area contributed by atoms with Gasteiger partial charge in [0, 0.05) is 16.4 Å². The van der Waals surface area contributed by atoms with E-state index < -0.39 is 0 Å². The number of aryl methyl sites for hydroxylation is 1. The summed E-state index contributed by atoms with van der Waals surface area (Å²) in [6.45, 7) is 16.8. The SMILES string of the molecule is C=CCCCc1cccc(-c2nc(C(C)(C)C)nc(C(C)(C)CC)n2)c1. The second kappa shape index (κ2) is 8.11. The van der Waals surface area contributed by atoms with Gasteiger partial charge in [0.05, 0.1) is 0 Å². The molecule has 1 heterocycles. The van der Waals surface area contributed by atoms with Crippen LogP contribution in [-0.2, 0) is 17.3 Å². The number of unbranched alkanes of at least 4 members (excludes halogenated alkanes) is 1. The van der Waals surface area contributed by atoms with E-state index in [0.717, 1.165) is 48.7 Å². The van der Waals surface area contributed by atoms with E-state index in [1.54, 1.807) is 0 Å². The Bertz CT molecular complexity index is 754. The number of benzene rings is 1. The van der Waals surface area contributed by atoms with Crippen molar-refractivity contribution in [1.29, 1.82) is 0 Å². The molecule has 0 fully saturated rings. The third-order valence-electron chi connectivity index (χ3n) is 4.85. The number of nitrogens with zero attached hydrogens (tertiary/aromatic N) is 3. The van der Waals surface area contributed by atoms with Gasteiger partial charge in [0.1, 0.15) is 11.6 Å². The molecule has 0 atom stereocenters. The summed E-state index contributed by atoms with van der Waals surface area (Å²) < 4.78 is 0. The third-order valence-corrected chi connectivity index (χ3v) is 4.85. The zero-order valence-corrected chi connectivity index (χ0v) is 17.3. The first kappa shape index (κ1) is 20.3. The molecular formula is C23H33N3. The van der Waals surface area contributed by atoms with Crippen molar-refractivity contribution in [2.75, 3.05) is 0 Å². The molecule has 3 heteroatoms. The number of aromatic nitrogens is 3. The standard InChI is InChI=1S/C23H33N3/c1-8-10-11-13-17-14-12-15-18(16-17)19-24-20(22(3,4)5)26-21(25-19)23(6,7)9-2/h8,12,14-16H,1,9-11,13H2,2-7H3. The van der Waals surface area contributed by atoms with Crippen LogP contribution in [0.5, 0.6) is 0 Å². The lowest BCUT2D eigenvalue weighted by atomic mass is 9.88. The van der Waals surface area contributed by atoms with Crippen molar-refractivity contribution >= 4 is 0 Å². The monoisotopic (exact) mass is 351 g/mol. The molecule has 0 amide bonds. The fourth-order valence-electron chi connectivity index (χ4n) is 2.62. The summed E-state index contributed by atoms with van der Waals surface area (Å²) in [5.41, 5.74) is 2.21. The van der Waals surface area contributed by atoms with Gasteiger partial charge >= 0.3 is 0 Å². The van der Waals surface area contributed by atoms with Crippen molar-refractivity contribution in [3.8, 4) is 11.4 Å². The van der Waals surface area contributed by atoms with Crippen molar-refractivity contribution in [2.45, 2.75) is 78.1 Å². The molecule has 1 aromatic heterocycles. The van der Waals surface area contributed by atoms with Crippen LogP contribution in [0.3, 0.4) is 0 Å². The molecule has 0 unspecified atom stereocenters. The molecule has 140 valence electrons. The minimum Gasteiger partial charge on any atom is -0.217 e. The molecule has 0 N–H and O–H groups in total. The van der Waals surface area contributed by atoms with Gasteiger partial charge in [0.25, 0.3) is 0 Å². The second-order valence-corrected chi connectivity index (χ2v) is 8.67. The molecule has 2 aromatic rings.